The first-order valence-electron chi connectivity index (χ1n) is 8.28. The largest absolute Gasteiger partial charge is 0.310 e. The maximum absolute atomic E-state index is 4.35. The molecular weight excluding hydrogens is 246 g/mol. The predicted octanol–water partition coefficient (Wildman–Crippen LogP) is 2.83. The minimum absolute atomic E-state index is 0.883. The molecule has 2 aliphatic rings. The van der Waals surface area contributed by atoms with Crippen molar-refractivity contribution in [2.24, 2.45) is 5.92 Å². The zero-order chi connectivity index (χ0) is 13.6. The first-order chi connectivity index (χ1) is 9.93. The summed E-state index contributed by atoms with van der Waals surface area (Å²) in [5.41, 5.74) is 1.14. The summed E-state index contributed by atoms with van der Waals surface area (Å²) >= 11 is 0. The van der Waals surface area contributed by atoms with Crippen LogP contribution >= 0.6 is 0 Å². The molecule has 1 aromatic rings. The van der Waals surface area contributed by atoms with E-state index in [2.05, 4.69) is 27.3 Å². The zero-order valence-corrected chi connectivity index (χ0v) is 12.4. The number of hydrogen-bond donors (Lipinski definition) is 1. The third-order valence-electron chi connectivity index (χ3n) is 4.97. The Morgan fingerprint density at radius 2 is 2.05 bits per heavy atom. The first-order valence-corrected chi connectivity index (χ1v) is 8.28. The summed E-state index contributed by atoms with van der Waals surface area (Å²) in [4.78, 5) is 7.09. The van der Waals surface area contributed by atoms with Gasteiger partial charge in [-0.2, -0.15) is 0 Å². The predicted molar refractivity (Wildman–Crippen MR) is 82.5 cm³/mol. The van der Waals surface area contributed by atoms with Gasteiger partial charge in [-0.15, -0.1) is 0 Å². The second-order valence-electron chi connectivity index (χ2n) is 6.29. The van der Waals surface area contributed by atoms with E-state index in [1.54, 1.807) is 0 Å². The monoisotopic (exact) mass is 273 g/mol. The minimum atomic E-state index is 0.883. The number of rotatable bonds is 6. The molecule has 1 saturated carbocycles. The Morgan fingerprint density at radius 1 is 1.15 bits per heavy atom. The molecule has 1 atom stereocenters. The van der Waals surface area contributed by atoms with Crippen molar-refractivity contribution in [2.75, 3.05) is 19.6 Å². The van der Waals surface area contributed by atoms with Crippen molar-refractivity contribution in [3.63, 3.8) is 0 Å². The highest BCUT2D eigenvalue weighted by atomic mass is 15.2. The third kappa shape index (κ3) is 3.58. The Morgan fingerprint density at radius 3 is 2.85 bits per heavy atom. The molecular formula is C17H27N3. The van der Waals surface area contributed by atoms with Crippen molar-refractivity contribution < 1.29 is 0 Å². The molecule has 1 unspecified atom stereocenters. The molecule has 0 spiro atoms. The van der Waals surface area contributed by atoms with Crippen molar-refractivity contribution in [1.82, 2.24) is 15.2 Å². The van der Waals surface area contributed by atoms with Crippen LogP contribution in [0, 0.1) is 5.92 Å². The van der Waals surface area contributed by atoms with E-state index in [1.807, 2.05) is 12.3 Å². The van der Waals surface area contributed by atoms with Gasteiger partial charge in [0.15, 0.2) is 0 Å². The lowest BCUT2D eigenvalue weighted by molar-refractivity contribution is 0.191. The molecule has 0 radical (unpaired) electrons. The summed E-state index contributed by atoms with van der Waals surface area (Å²) < 4.78 is 0. The molecule has 0 amide bonds. The van der Waals surface area contributed by atoms with Gasteiger partial charge >= 0.3 is 0 Å². The summed E-state index contributed by atoms with van der Waals surface area (Å²) in [6.45, 7) is 4.49. The van der Waals surface area contributed by atoms with Crippen molar-refractivity contribution in [3.05, 3.63) is 30.1 Å². The van der Waals surface area contributed by atoms with E-state index in [4.69, 9.17) is 0 Å². The third-order valence-corrected chi connectivity index (χ3v) is 4.97. The Balaban J connectivity index is 1.39. The molecule has 2 heterocycles. The molecule has 110 valence electrons. The van der Waals surface area contributed by atoms with Crippen LogP contribution in [0.15, 0.2) is 24.4 Å². The highest BCUT2D eigenvalue weighted by molar-refractivity contribution is 5.02. The van der Waals surface area contributed by atoms with Crippen molar-refractivity contribution in [2.45, 2.75) is 51.1 Å². The summed E-state index contributed by atoms with van der Waals surface area (Å²) in [6.07, 6.45) is 10.6. The smallest absolute Gasteiger partial charge is 0.0541 e. The van der Waals surface area contributed by atoms with Crippen molar-refractivity contribution >= 4 is 0 Å². The lowest BCUT2D eigenvalue weighted by Crippen LogP contribution is -2.39. The molecule has 1 aromatic heterocycles. The van der Waals surface area contributed by atoms with Gasteiger partial charge in [0, 0.05) is 31.9 Å². The molecule has 20 heavy (non-hydrogen) atoms. The van der Waals surface area contributed by atoms with Crippen LogP contribution in [0.5, 0.6) is 0 Å². The van der Waals surface area contributed by atoms with Crippen LogP contribution in [0.4, 0.5) is 0 Å². The van der Waals surface area contributed by atoms with E-state index >= 15 is 0 Å². The molecule has 1 aliphatic heterocycles. The molecule has 0 aromatic carbocycles. The Labute approximate surface area is 122 Å². The van der Waals surface area contributed by atoms with Gasteiger partial charge < -0.3 is 5.32 Å². The van der Waals surface area contributed by atoms with Gasteiger partial charge in [0.1, 0.15) is 0 Å². The number of pyridine rings is 1. The Kier molecular flexibility index (Phi) is 5.04. The highest BCUT2D eigenvalue weighted by Crippen LogP contribution is 2.35. The number of nitrogens with one attached hydrogen (secondary N) is 1. The van der Waals surface area contributed by atoms with Gasteiger partial charge in [-0.3, -0.25) is 9.88 Å². The maximum atomic E-state index is 4.35. The minimum Gasteiger partial charge on any atom is -0.310 e. The van der Waals surface area contributed by atoms with E-state index in [-0.39, 0.29) is 0 Å². The maximum Gasteiger partial charge on any atom is 0.0541 e. The summed E-state index contributed by atoms with van der Waals surface area (Å²) in [5.74, 6) is 0.994. The summed E-state index contributed by atoms with van der Waals surface area (Å²) in [7, 11) is 0. The van der Waals surface area contributed by atoms with Crippen LogP contribution in [0.3, 0.4) is 0 Å². The summed E-state index contributed by atoms with van der Waals surface area (Å²) in [5, 5.41) is 3.54. The zero-order valence-electron chi connectivity index (χ0n) is 12.4. The van der Waals surface area contributed by atoms with E-state index in [0.717, 1.165) is 30.7 Å². The number of aromatic nitrogens is 1. The average Bonchev–Trinajstić information content (AvgIpc) is 3.15. The Hall–Kier alpha value is -0.930. The van der Waals surface area contributed by atoms with Gasteiger partial charge in [-0.25, -0.2) is 0 Å². The normalized spacial score (nSPS) is 24.5. The van der Waals surface area contributed by atoms with Crippen LogP contribution in [0.2, 0.25) is 0 Å². The number of nitrogens with zero attached hydrogens (tertiary/aromatic N) is 2. The topological polar surface area (TPSA) is 28.2 Å². The van der Waals surface area contributed by atoms with Crippen LogP contribution in [0.25, 0.3) is 0 Å². The molecule has 0 bridgehead atoms. The van der Waals surface area contributed by atoms with Crippen LogP contribution in [0.1, 0.15) is 44.2 Å². The van der Waals surface area contributed by atoms with Crippen LogP contribution in [-0.4, -0.2) is 35.6 Å². The van der Waals surface area contributed by atoms with E-state index in [0.29, 0.717) is 0 Å². The van der Waals surface area contributed by atoms with Gasteiger partial charge in [0.05, 0.1) is 5.69 Å². The van der Waals surface area contributed by atoms with Crippen molar-refractivity contribution in [1.29, 1.82) is 0 Å². The van der Waals surface area contributed by atoms with E-state index in [1.165, 1.54) is 51.6 Å². The fraction of sp³-hybridized carbons (Fsp3) is 0.706. The molecule has 1 saturated heterocycles. The van der Waals surface area contributed by atoms with Crippen LogP contribution in [-0.2, 0) is 6.54 Å². The lowest BCUT2D eigenvalue weighted by Gasteiger charge is -2.29. The Bertz CT molecular complexity index is 386. The molecule has 1 aliphatic carbocycles. The van der Waals surface area contributed by atoms with Gasteiger partial charge in [-0.1, -0.05) is 18.9 Å². The molecule has 2 fully saturated rings. The molecule has 3 rings (SSSR count). The van der Waals surface area contributed by atoms with Crippen molar-refractivity contribution in [3.8, 4) is 0 Å². The number of hydrogen-bond acceptors (Lipinski definition) is 3. The average molecular weight is 273 g/mol. The fourth-order valence-corrected chi connectivity index (χ4v) is 3.95. The quantitative estimate of drug-likeness (QED) is 0.808. The van der Waals surface area contributed by atoms with Gasteiger partial charge in [0.25, 0.3) is 0 Å². The van der Waals surface area contributed by atoms with E-state index in [9.17, 15) is 0 Å². The fourth-order valence-electron chi connectivity index (χ4n) is 3.95. The molecule has 1 N–H and O–H groups in total. The van der Waals surface area contributed by atoms with Crippen LogP contribution < -0.4 is 5.32 Å². The second-order valence-corrected chi connectivity index (χ2v) is 6.29. The highest BCUT2D eigenvalue weighted by Gasteiger charge is 2.32. The second kappa shape index (κ2) is 7.19. The van der Waals surface area contributed by atoms with Gasteiger partial charge in [0.2, 0.25) is 0 Å². The van der Waals surface area contributed by atoms with Gasteiger partial charge in [-0.05, 0) is 50.3 Å². The lowest BCUT2D eigenvalue weighted by atomic mass is 9.96. The summed E-state index contributed by atoms with van der Waals surface area (Å²) in [6, 6.07) is 7.00. The SMILES string of the molecule is c1ccc(CNCCN2CCCC2C2CCCC2)nc1. The van der Waals surface area contributed by atoms with E-state index < -0.39 is 0 Å². The molecule has 3 nitrogen and oxygen atoms in total. The molecule has 3 heteroatoms. The standard InChI is InChI=1S/C17H27N3/c1-2-7-15(6-1)17-9-5-12-20(17)13-11-18-14-16-8-3-4-10-19-16/h3-4,8,10,15,17-18H,1-2,5-7,9,11-14H2. The number of likely N-dealkylation sites (tertiary alicyclic amines) is 1. The first kappa shape index (κ1) is 14.0.